The lowest BCUT2D eigenvalue weighted by Crippen LogP contribution is -2.38. The average molecular weight is 488 g/mol. The van der Waals surface area contributed by atoms with Crippen LogP contribution in [0.15, 0.2) is 48.7 Å². The Bertz CT molecular complexity index is 1110. The number of halogens is 2. The van der Waals surface area contributed by atoms with Crippen molar-refractivity contribution in [2.75, 3.05) is 44.8 Å². The van der Waals surface area contributed by atoms with Crippen LogP contribution in [0.25, 0.3) is 11.3 Å². The molecule has 10 heteroatoms. The fourth-order valence-corrected chi connectivity index (χ4v) is 4.01. The van der Waals surface area contributed by atoms with Gasteiger partial charge in [-0.15, -0.1) is 0 Å². The molecule has 0 atom stereocenters. The molecule has 3 aromatic rings. The number of urea groups is 1. The summed E-state index contributed by atoms with van der Waals surface area (Å²) in [5, 5.41) is 10.2. The van der Waals surface area contributed by atoms with Crippen LogP contribution in [-0.2, 0) is 18.3 Å². The van der Waals surface area contributed by atoms with Crippen molar-refractivity contribution in [2.24, 2.45) is 7.05 Å². The van der Waals surface area contributed by atoms with Gasteiger partial charge in [-0.25, -0.2) is 9.18 Å². The van der Waals surface area contributed by atoms with Crippen LogP contribution >= 0.6 is 11.6 Å². The third-order valence-electron chi connectivity index (χ3n) is 5.50. The molecular formula is C24H27ClFN5O3. The van der Waals surface area contributed by atoms with E-state index >= 15 is 0 Å². The predicted molar refractivity (Wildman–Crippen MR) is 129 cm³/mol. The van der Waals surface area contributed by atoms with Gasteiger partial charge in [-0.1, -0.05) is 23.7 Å². The molecule has 180 valence electrons. The molecule has 2 amide bonds. The number of hydrogen-bond acceptors (Lipinski definition) is 5. The second-order valence-electron chi connectivity index (χ2n) is 7.92. The summed E-state index contributed by atoms with van der Waals surface area (Å²) in [6, 6.07) is 11.0. The van der Waals surface area contributed by atoms with Gasteiger partial charge in [0.05, 0.1) is 30.1 Å². The minimum atomic E-state index is -0.410. The lowest BCUT2D eigenvalue weighted by atomic mass is 10.1. The van der Waals surface area contributed by atoms with Crippen molar-refractivity contribution in [2.45, 2.75) is 6.54 Å². The van der Waals surface area contributed by atoms with Crippen molar-refractivity contribution < 1.29 is 18.7 Å². The zero-order valence-corrected chi connectivity index (χ0v) is 19.6. The molecule has 0 radical (unpaired) electrons. The second kappa shape index (κ2) is 11.3. The first-order valence-corrected chi connectivity index (χ1v) is 11.4. The van der Waals surface area contributed by atoms with E-state index in [1.165, 1.54) is 12.1 Å². The van der Waals surface area contributed by atoms with Crippen LogP contribution in [0.2, 0.25) is 5.02 Å². The van der Waals surface area contributed by atoms with E-state index in [4.69, 9.17) is 21.1 Å². The Morgan fingerprint density at radius 1 is 1.24 bits per heavy atom. The molecule has 1 aromatic heterocycles. The molecule has 1 aliphatic rings. The molecule has 8 nitrogen and oxygen atoms in total. The zero-order valence-electron chi connectivity index (χ0n) is 18.9. The molecule has 0 bridgehead atoms. The fraction of sp³-hybridized carbons (Fsp3) is 0.333. The topological polar surface area (TPSA) is 80.7 Å². The largest absolute Gasteiger partial charge is 0.492 e. The van der Waals surface area contributed by atoms with Crippen molar-refractivity contribution in [1.29, 1.82) is 0 Å². The third-order valence-corrected chi connectivity index (χ3v) is 5.77. The van der Waals surface area contributed by atoms with Crippen LogP contribution in [-0.4, -0.2) is 60.2 Å². The molecule has 0 unspecified atom stereocenters. The number of anilines is 1. The Hall–Kier alpha value is -3.14. The molecule has 0 saturated carbocycles. The summed E-state index contributed by atoms with van der Waals surface area (Å²) >= 11 is 6.40. The minimum absolute atomic E-state index is 0.201. The quantitative estimate of drug-likeness (QED) is 0.503. The van der Waals surface area contributed by atoms with E-state index in [1.54, 1.807) is 48.3 Å². The molecule has 2 N–H and O–H groups in total. The van der Waals surface area contributed by atoms with Crippen LogP contribution in [0.3, 0.4) is 0 Å². The van der Waals surface area contributed by atoms with Crippen molar-refractivity contribution in [3.05, 3.63) is 65.1 Å². The van der Waals surface area contributed by atoms with Crippen LogP contribution in [0.1, 0.15) is 5.56 Å². The number of rotatable bonds is 8. The summed E-state index contributed by atoms with van der Waals surface area (Å²) < 4.78 is 26.5. The maximum absolute atomic E-state index is 13.3. The average Bonchev–Trinajstić information content (AvgIpc) is 3.17. The third kappa shape index (κ3) is 6.25. The van der Waals surface area contributed by atoms with Gasteiger partial charge in [-0.2, -0.15) is 5.10 Å². The second-order valence-corrected chi connectivity index (χ2v) is 8.32. The Balaban J connectivity index is 1.45. The summed E-state index contributed by atoms with van der Waals surface area (Å²) in [7, 11) is 1.80. The Morgan fingerprint density at radius 2 is 2.06 bits per heavy atom. The molecule has 2 heterocycles. The first kappa shape index (κ1) is 24.0. The van der Waals surface area contributed by atoms with Gasteiger partial charge in [-0.3, -0.25) is 9.58 Å². The Labute approximate surface area is 202 Å². The van der Waals surface area contributed by atoms with Crippen molar-refractivity contribution >= 4 is 23.3 Å². The summed E-state index contributed by atoms with van der Waals surface area (Å²) in [4.78, 5) is 14.7. The summed E-state index contributed by atoms with van der Waals surface area (Å²) in [5.41, 5.74) is 2.63. The van der Waals surface area contributed by atoms with E-state index < -0.39 is 6.03 Å². The highest BCUT2D eigenvalue weighted by atomic mass is 35.5. The number of nitrogens with one attached hydrogen (secondary N) is 2. The van der Waals surface area contributed by atoms with Gasteiger partial charge in [0, 0.05) is 44.5 Å². The number of carbonyl (C=O) groups excluding carboxylic acids is 1. The lowest BCUT2D eigenvalue weighted by molar-refractivity contribution is 0.0323. The molecule has 0 aliphatic carbocycles. The van der Waals surface area contributed by atoms with E-state index in [0.29, 0.717) is 34.3 Å². The lowest BCUT2D eigenvalue weighted by Gasteiger charge is -2.26. The highest BCUT2D eigenvalue weighted by molar-refractivity contribution is 6.33. The molecule has 1 aliphatic heterocycles. The zero-order chi connectivity index (χ0) is 23.9. The maximum Gasteiger partial charge on any atom is 0.319 e. The summed E-state index contributed by atoms with van der Waals surface area (Å²) in [6.45, 7) is 4.73. The minimum Gasteiger partial charge on any atom is -0.492 e. The molecule has 4 rings (SSSR count). The molecule has 0 spiro atoms. The summed E-state index contributed by atoms with van der Waals surface area (Å²) in [6.07, 6.45) is 1.57. The first-order chi connectivity index (χ1) is 16.5. The Morgan fingerprint density at radius 3 is 2.79 bits per heavy atom. The number of ether oxygens (including phenoxy) is 2. The monoisotopic (exact) mass is 487 g/mol. The first-order valence-electron chi connectivity index (χ1n) is 11.0. The van der Waals surface area contributed by atoms with Crippen LogP contribution in [0.5, 0.6) is 5.75 Å². The van der Waals surface area contributed by atoms with Gasteiger partial charge in [-0.05, 0) is 35.9 Å². The number of morpholine rings is 1. The van der Waals surface area contributed by atoms with Crippen molar-refractivity contribution in [1.82, 2.24) is 20.0 Å². The number of hydrogen-bond donors (Lipinski definition) is 2. The molecule has 2 aromatic carbocycles. The van der Waals surface area contributed by atoms with E-state index in [2.05, 4.69) is 20.6 Å². The van der Waals surface area contributed by atoms with Crippen molar-refractivity contribution in [3.63, 3.8) is 0 Å². The molecular weight excluding hydrogens is 461 g/mol. The Kier molecular flexibility index (Phi) is 7.99. The van der Waals surface area contributed by atoms with Crippen molar-refractivity contribution in [3.8, 4) is 17.0 Å². The van der Waals surface area contributed by atoms with E-state index in [0.717, 1.165) is 38.4 Å². The van der Waals surface area contributed by atoms with E-state index in [9.17, 15) is 9.18 Å². The van der Waals surface area contributed by atoms with Crippen LogP contribution < -0.4 is 15.4 Å². The van der Waals surface area contributed by atoms with Gasteiger partial charge >= 0.3 is 6.03 Å². The highest BCUT2D eigenvalue weighted by Gasteiger charge is 2.17. The van der Waals surface area contributed by atoms with Gasteiger partial charge in [0.1, 0.15) is 18.2 Å². The maximum atomic E-state index is 13.3. The smallest absolute Gasteiger partial charge is 0.319 e. The van der Waals surface area contributed by atoms with E-state index in [1.807, 2.05) is 0 Å². The number of carbonyl (C=O) groups is 1. The van der Waals surface area contributed by atoms with Gasteiger partial charge < -0.3 is 20.1 Å². The number of amides is 2. The molecule has 1 saturated heterocycles. The number of benzene rings is 2. The standard InChI is InChI=1S/C24H27ClFN5O3/c1-30-23(21(25)16-28-30)20-14-19(29-24(32)27-15-17-3-2-4-18(26)13-17)5-6-22(20)34-12-9-31-7-10-33-11-8-31/h2-6,13-14,16H,7-12,15H2,1H3,(H2,27,29,32). The highest BCUT2D eigenvalue weighted by Crippen LogP contribution is 2.36. The molecule has 34 heavy (non-hydrogen) atoms. The number of aryl methyl sites for hydroxylation is 1. The van der Waals surface area contributed by atoms with Crippen LogP contribution in [0, 0.1) is 5.82 Å². The normalized spacial score (nSPS) is 14.1. The number of aromatic nitrogens is 2. The fourth-order valence-electron chi connectivity index (χ4n) is 3.75. The molecule has 1 fully saturated rings. The van der Waals surface area contributed by atoms with Gasteiger partial charge in [0.15, 0.2) is 0 Å². The predicted octanol–water partition coefficient (Wildman–Crippen LogP) is 3.91. The van der Waals surface area contributed by atoms with Crippen LogP contribution in [0.4, 0.5) is 14.9 Å². The summed E-state index contributed by atoms with van der Waals surface area (Å²) in [5.74, 6) is 0.297. The number of nitrogens with zero attached hydrogens (tertiary/aromatic N) is 3. The van der Waals surface area contributed by atoms with E-state index in [-0.39, 0.29) is 12.4 Å². The van der Waals surface area contributed by atoms with Gasteiger partial charge in [0.25, 0.3) is 0 Å². The SMILES string of the molecule is Cn1ncc(Cl)c1-c1cc(NC(=O)NCc2cccc(F)c2)ccc1OCCN1CCOCC1. The van der Waals surface area contributed by atoms with Gasteiger partial charge in [0.2, 0.25) is 0 Å².